The van der Waals surface area contributed by atoms with Crippen LogP contribution >= 0.6 is 0 Å². The molecular formula is C20H19FN2O4. The van der Waals surface area contributed by atoms with Crippen molar-refractivity contribution in [1.82, 2.24) is 10.8 Å². The van der Waals surface area contributed by atoms with Gasteiger partial charge in [0.2, 0.25) is 0 Å². The van der Waals surface area contributed by atoms with Crippen molar-refractivity contribution in [3.05, 3.63) is 70.5 Å². The molecule has 2 atom stereocenters. The fourth-order valence-electron chi connectivity index (χ4n) is 2.22. The zero-order chi connectivity index (χ0) is 20.0. The lowest BCUT2D eigenvalue weighted by atomic mass is 10.1. The van der Waals surface area contributed by atoms with Crippen molar-refractivity contribution in [3.63, 3.8) is 0 Å². The molecule has 0 aliphatic heterocycles. The summed E-state index contributed by atoms with van der Waals surface area (Å²) in [5.41, 5.74) is 3.34. The second-order valence-corrected chi connectivity index (χ2v) is 5.96. The highest BCUT2D eigenvalue weighted by atomic mass is 19.1. The van der Waals surface area contributed by atoms with Crippen LogP contribution < -0.4 is 10.8 Å². The number of carbonyl (C=O) groups is 2. The molecule has 2 aromatic carbocycles. The lowest BCUT2D eigenvalue weighted by molar-refractivity contribution is -0.133. The number of rotatable bonds is 4. The van der Waals surface area contributed by atoms with E-state index in [1.165, 1.54) is 30.6 Å². The summed E-state index contributed by atoms with van der Waals surface area (Å²) in [5, 5.41) is 20.5. The van der Waals surface area contributed by atoms with Crippen molar-refractivity contribution in [2.24, 2.45) is 0 Å². The van der Waals surface area contributed by atoms with Crippen molar-refractivity contribution in [3.8, 4) is 11.8 Å². The van der Waals surface area contributed by atoms with Crippen LogP contribution in [0.15, 0.2) is 42.5 Å². The minimum atomic E-state index is -1.29. The van der Waals surface area contributed by atoms with Gasteiger partial charge in [-0.15, -0.1) is 0 Å². The van der Waals surface area contributed by atoms with Gasteiger partial charge in [-0.05, 0) is 55.8 Å². The van der Waals surface area contributed by atoms with E-state index in [1.807, 2.05) is 0 Å². The summed E-state index contributed by atoms with van der Waals surface area (Å²) in [6.07, 6.45) is -1.19. The predicted octanol–water partition coefficient (Wildman–Crippen LogP) is 1.52. The van der Waals surface area contributed by atoms with Crippen LogP contribution in [0.5, 0.6) is 0 Å². The molecule has 140 valence electrons. The summed E-state index contributed by atoms with van der Waals surface area (Å²) < 4.78 is 13.5. The van der Waals surface area contributed by atoms with Gasteiger partial charge in [-0.2, -0.15) is 0 Å². The third kappa shape index (κ3) is 5.38. The molecule has 0 spiro atoms. The van der Waals surface area contributed by atoms with Gasteiger partial charge in [0.1, 0.15) is 11.9 Å². The lowest BCUT2D eigenvalue weighted by Crippen LogP contribution is -2.51. The fraction of sp³-hybridized carbons (Fsp3) is 0.200. The Bertz CT molecular complexity index is 898. The van der Waals surface area contributed by atoms with Gasteiger partial charge in [0.05, 0.1) is 6.10 Å². The summed E-state index contributed by atoms with van der Waals surface area (Å²) in [4.78, 5) is 23.6. The second-order valence-electron chi connectivity index (χ2n) is 5.96. The Balaban J connectivity index is 2.10. The molecule has 7 heteroatoms. The van der Waals surface area contributed by atoms with Gasteiger partial charge >= 0.3 is 0 Å². The Hall–Kier alpha value is -3.21. The van der Waals surface area contributed by atoms with E-state index in [0.29, 0.717) is 16.7 Å². The number of nitrogens with one attached hydrogen (secondary N) is 2. The van der Waals surface area contributed by atoms with Crippen LogP contribution in [0.2, 0.25) is 0 Å². The molecule has 2 rings (SSSR count). The molecule has 0 bridgehead atoms. The molecule has 0 saturated heterocycles. The molecule has 2 aromatic rings. The molecule has 0 aliphatic rings. The maximum atomic E-state index is 13.5. The first-order valence-corrected chi connectivity index (χ1v) is 8.13. The number of amides is 2. The number of hydrogen-bond acceptors (Lipinski definition) is 4. The van der Waals surface area contributed by atoms with E-state index in [1.54, 1.807) is 31.2 Å². The fourth-order valence-corrected chi connectivity index (χ4v) is 2.22. The minimum absolute atomic E-state index is 0.248. The third-order valence-corrected chi connectivity index (χ3v) is 3.83. The predicted molar refractivity (Wildman–Crippen MR) is 96.4 cm³/mol. The maximum Gasteiger partial charge on any atom is 0.268 e. The first-order chi connectivity index (χ1) is 12.8. The zero-order valence-corrected chi connectivity index (χ0v) is 14.8. The quantitative estimate of drug-likeness (QED) is 0.373. The third-order valence-electron chi connectivity index (χ3n) is 3.83. The Morgan fingerprint density at radius 2 is 1.67 bits per heavy atom. The van der Waals surface area contributed by atoms with Gasteiger partial charge in [-0.25, -0.2) is 9.87 Å². The van der Waals surface area contributed by atoms with Crippen molar-refractivity contribution >= 4 is 11.8 Å². The van der Waals surface area contributed by atoms with Crippen molar-refractivity contribution in [2.45, 2.75) is 26.0 Å². The molecular weight excluding hydrogens is 351 g/mol. The average molecular weight is 370 g/mol. The summed E-state index contributed by atoms with van der Waals surface area (Å²) >= 11 is 0. The smallest absolute Gasteiger partial charge is 0.268 e. The van der Waals surface area contributed by atoms with Gasteiger partial charge in [0.25, 0.3) is 11.8 Å². The molecule has 0 saturated carbocycles. The highest BCUT2D eigenvalue weighted by Crippen LogP contribution is 2.09. The van der Waals surface area contributed by atoms with Crippen LogP contribution in [0.4, 0.5) is 4.39 Å². The van der Waals surface area contributed by atoms with Crippen LogP contribution in [0.3, 0.4) is 0 Å². The molecule has 6 nitrogen and oxygen atoms in total. The number of halogens is 1. The van der Waals surface area contributed by atoms with Crippen molar-refractivity contribution < 1.29 is 24.3 Å². The molecule has 4 N–H and O–H groups in total. The zero-order valence-electron chi connectivity index (χ0n) is 14.8. The summed E-state index contributed by atoms with van der Waals surface area (Å²) in [6.45, 7) is 2.98. The van der Waals surface area contributed by atoms with Crippen LogP contribution in [-0.2, 0) is 4.79 Å². The van der Waals surface area contributed by atoms with E-state index in [2.05, 4.69) is 17.2 Å². The van der Waals surface area contributed by atoms with Gasteiger partial charge in [0.15, 0.2) is 0 Å². The topological polar surface area (TPSA) is 98.7 Å². The van der Waals surface area contributed by atoms with Crippen molar-refractivity contribution in [1.29, 1.82) is 0 Å². The molecule has 27 heavy (non-hydrogen) atoms. The van der Waals surface area contributed by atoms with E-state index in [4.69, 9.17) is 5.21 Å². The molecule has 0 fully saturated rings. The SMILES string of the molecule is Cc1ccc(C#Cc2ccc(C(=O)NC(C(=O)NO)C(C)O)cc2)cc1F. The number of benzene rings is 2. The Labute approximate surface area is 156 Å². The first-order valence-electron chi connectivity index (χ1n) is 8.13. The summed E-state index contributed by atoms with van der Waals surface area (Å²) in [5.74, 6) is 3.87. The van der Waals surface area contributed by atoms with E-state index < -0.39 is 24.0 Å². The Morgan fingerprint density at radius 1 is 1.07 bits per heavy atom. The molecule has 0 radical (unpaired) electrons. The monoisotopic (exact) mass is 370 g/mol. The first kappa shape index (κ1) is 20.1. The largest absolute Gasteiger partial charge is 0.391 e. The molecule has 0 heterocycles. The summed E-state index contributed by atoms with van der Waals surface area (Å²) in [6, 6.07) is 9.65. The number of aliphatic hydroxyl groups is 1. The molecule has 2 amide bonds. The van der Waals surface area contributed by atoms with E-state index in [9.17, 15) is 19.1 Å². The number of aryl methyl sites for hydroxylation is 1. The average Bonchev–Trinajstić information content (AvgIpc) is 2.66. The second kappa shape index (κ2) is 8.94. The Kier molecular flexibility index (Phi) is 6.66. The van der Waals surface area contributed by atoms with Gasteiger partial charge in [-0.3, -0.25) is 14.8 Å². The number of hydrogen-bond donors (Lipinski definition) is 4. The van der Waals surface area contributed by atoms with Crippen molar-refractivity contribution in [2.75, 3.05) is 0 Å². The molecule has 0 aromatic heterocycles. The number of hydroxylamine groups is 1. The van der Waals surface area contributed by atoms with Crippen LogP contribution in [0, 0.1) is 24.6 Å². The van der Waals surface area contributed by atoms with Crippen LogP contribution in [0.25, 0.3) is 0 Å². The molecule has 2 unspecified atom stereocenters. The highest BCUT2D eigenvalue weighted by molar-refractivity contribution is 5.97. The van der Waals surface area contributed by atoms with E-state index in [0.717, 1.165) is 0 Å². The van der Waals surface area contributed by atoms with Gasteiger partial charge in [0, 0.05) is 16.7 Å². The molecule has 0 aliphatic carbocycles. The normalized spacial score (nSPS) is 12.3. The highest BCUT2D eigenvalue weighted by Gasteiger charge is 2.25. The van der Waals surface area contributed by atoms with Crippen LogP contribution in [-0.4, -0.2) is 34.3 Å². The Morgan fingerprint density at radius 3 is 2.22 bits per heavy atom. The minimum Gasteiger partial charge on any atom is -0.391 e. The number of aliphatic hydroxyl groups excluding tert-OH is 1. The lowest BCUT2D eigenvalue weighted by Gasteiger charge is -2.19. The van der Waals surface area contributed by atoms with Crippen LogP contribution in [0.1, 0.15) is 34.0 Å². The standard InChI is InChI=1S/C20H19FN2O4/c1-12-3-4-15(11-17(12)21)6-5-14-7-9-16(10-8-14)19(25)22-18(13(2)24)20(26)23-27/h3-4,7-11,13,18,24,27H,1-2H3,(H,22,25)(H,23,26). The van der Waals surface area contributed by atoms with Gasteiger partial charge in [-0.1, -0.05) is 17.9 Å². The number of carbonyl (C=O) groups excluding carboxylic acids is 2. The summed E-state index contributed by atoms with van der Waals surface area (Å²) in [7, 11) is 0. The van der Waals surface area contributed by atoms with E-state index in [-0.39, 0.29) is 11.4 Å². The van der Waals surface area contributed by atoms with Gasteiger partial charge < -0.3 is 10.4 Å². The van der Waals surface area contributed by atoms with E-state index >= 15 is 0 Å². The maximum absolute atomic E-state index is 13.5.